The van der Waals surface area contributed by atoms with Crippen LogP contribution in [0.15, 0.2) is 18.6 Å². The molecule has 7 heteroatoms. The first-order valence-electron chi connectivity index (χ1n) is 7.13. The Labute approximate surface area is 127 Å². The van der Waals surface area contributed by atoms with E-state index in [4.69, 9.17) is 0 Å². The van der Waals surface area contributed by atoms with E-state index < -0.39 is 6.08 Å². The predicted molar refractivity (Wildman–Crippen MR) is 82.0 cm³/mol. The lowest BCUT2D eigenvalue weighted by atomic mass is 10.1. The van der Waals surface area contributed by atoms with E-state index in [2.05, 4.69) is 25.3 Å². The maximum Gasteiger partial charge on any atom is 0.312 e. The molecule has 3 aromatic heterocycles. The Morgan fingerprint density at radius 2 is 2.05 bits per heavy atom. The molecule has 0 unspecified atom stereocenters. The third-order valence-electron chi connectivity index (χ3n) is 3.58. The third-order valence-corrected chi connectivity index (χ3v) is 3.58. The Hall–Kier alpha value is -2.57. The van der Waals surface area contributed by atoms with Gasteiger partial charge in [0, 0.05) is 25.0 Å². The molecule has 114 valence electrons. The number of hydrogen-bond donors (Lipinski definition) is 1. The van der Waals surface area contributed by atoms with E-state index >= 15 is 0 Å². The van der Waals surface area contributed by atoms with Crippen molar-refractivity contribution in [1.29, 1.82) is 0 Å². The first kappa shape index (κ1) is 14.4. The molecule has 0 atom stereocenters. The molecule has 1 N–H and O–H groups in total. The predicted octanol–water partition coefficient (Wildman–Crippen LogP) is 2.61. The fraction of sp³-hybridized carbons (Fsp3) is 0.333. The van der Waals surface area contributed by atoms with E-state index in [1.165, 1.54) is 0 Å². The van der Waals surface area contributed by atoms with Gasteiger partial charge in [-0.1, -0.05) is 0 Å². The number of rotatable bonds is 4. The molecular formula is C15H17FN6. The molecule has 0 aliphatic rings. The number of aromatic nitrogens is 5. The first-order valence-corrected chi connectivity index (χ1v) is 7.13. The molecule has 6 nitrogen and oxygen atoms in total. The smallest absolute Gasteiger partial charge is 0.312 e. The van der Waals surface area contributed by atoms with Crippen LogP contribution in [0.2, 0.25) is 0 Å². The lowest BCUT2D eigenvalue weighted by Crippen LogP contribution is -2.07. The van der Waals surface area contributed by atoms with Crippen LogP contribution < -0.4 is 5.32 Å². The van der Waals surface area contributed by atoms with E-state index in [1.807, 2.05) is 33.0 Å². The average Bonchev–Trinajstić information content (AvgIpc) is 2.89. The van der Waals surface area contributed by atoms with Crippen LogP contribution in [0.5, 0.6) is 0 Å². The summed E-state index contributed by atoms with van der Waals surface area (Å²) in [5, 5.41) is 3.14. The van der Waals surface area contributed by atoms with Crippen molar-refractivity contribution in [1.82, 2.24) is 24.5 Å². The topological polar surface area (TPSA) is 68.5 Å². The van der Waals surface area contributed by atoms with Gasteiger partial charge in [0.1, 0.15) is 0 Å². The normalized spacial score (nSPS) is 11.1. The molecule has 0 fully saturated rings. The van der Waals surface area contributed by atoms with Gasteiger partial charge in [-0.05, 0) is 38.0 Å². The van der Waals surface area contributed by atoms with E-state index in [-0.39, 0.29) is 0 Å². The molecule has 0 bridgehead atoms. The Balaban J connectivity index is 1.92. The minimum atomic E-state index is -0.760. The fourth-order valence-corrected chi connectivity index (χ4v) is 2.36. The summed E-state index contributed by atoms with van der Waals surface area (Å²) in [6.45, 7) is 7.10. The van der Waals surface area contributed by atoms with Crippen LogP contribution in [0, 0.1) is 19.9 Å². The molecule has 0 amide bonds. The summed E-state index contributed by atoms with van der Waals surface area (Å²) < 4.78 is 15.4. The number of imidazole rings is 1. The van der Waals surface area contributed by atoms with Crippen molar-refractivity contribution in [3.05, 3.63) is 41.5 Å². The average molecular weight is 300 g/mol. The minimum absolute atomic E-state index is 0.398. The summed E-state index contributed by atoms with van der Waals surface area (Å²) in [6, 6.07) is 2.01. The van der Waals surface area contributed by atoms with Gasteiger partial charge >= 0.3 is 6.08 Å². The van der Waals surface area contributed by atoms with Crippen molar-refractivity contribution in [2.45, 2.75) is 33.9 Å². The largest absolute Gasteiger partial charge is 0.364 e. The summed E-state index contributed by atoms with van der Waals surface area (Å²) in [5.41, 5.74) is 4.20. The van der Waals surface area contributed by atoms with Crippen molar-refractivity contribution in [3.63, 3.8) is 0 Å². The number of fused-ring (bicyclic) bond motifs is 1. The SMILES string of the molecule is CCn1cnc2c(NCc3cnc(C)cc3C)nc(F)nc21. The van der Waals surface area contributed by atoms with Crippen LogP contribution in [-0.2, 0) is 13.1 Å². The Morgan fingerprint density at radius 3 is 2.77 bits per heavy atom. The molecule has 3 rings (SSSR count). The van der Waals surface area contributed by atoms with Gasteiger partial charge in [-0.25, -0.2) is 4.98 Å². The number of nitrogens with one attached hydrogen (secondary N) is 1. The summed E-state index contributed by atoms with van der Waals surface area (Å²) >= 11 is 0. The van der Waals surface area contributed by atoms with Crippen molar-refractivity contribution in [2.75, 3.05) is 5.32 Å². The number of pyridine rings is 1. The molecular weight excluding hydrogens is 283 g/mol. The highest BCUT2D eigenvalue weighted by atomic mass is 19.1. The molecule has 22 heavy (non-hydrogen) atoms. The van der Waals surface area contributed by atoms with Crippen LogP contribution in [0.25, 0.3) is 11.2 Å². The van der Waals surface area contributed by atoms with Gasteiger partial charge in [0.15, 0.2) is 17.0 Å². The standard InChI is InChI=1S/C15H17FN6/c1-4-22-8-19-12-13(20-15(16)21-14(12)22)18-7-11-6-17-10(3)5-9(11)2/h5-6,8H,4,7H2,1-3H3,(H,18,20,21). The number of halogens is 1. The second kappa shape index (κ2) is 5.67. The highest BCUT2D eigenvalue weighted by Gasteiger charge is 2.13. The van der Waals surface area contributed by atoms with Gasteiger partial charge in [0.25, 0.3) is 0 Å². The molecule has 0 saturated carbocycles. The summed E-state index contributed by atoms with van der Waals surface area (Å²) in [6.07, 6.45) is 2.70. The third kappa shape index (κ3) is 2.61. The van der Waals surface area contributed by atoms with Crippen molar-refractivity contribution < 1.29 is 4.39 Å². The second-order valence-electron chi connectivity index (χ2n) is 5.15. The molecule has 3 aromatic rings. The lowest BCUT2D eigenvalue weighted by molar-refractivity contribution is 0.542. The monoisotopic (exact) mass is 300 g/mol. The second-order valence-corrected chi connectivity index (χ2v) is 5.15. The van der Waals surface area contributed by atoms with Crippen molar-refractivity contribution >= 4 is 17.0 Å². The zero-order valence-electron chi connectivity index (χ0n) is 12.8. The number of aryl methyl sites for hydroxylation is 3. The Bertz CT molecular complexity index is 826. The molecule has 0 aliphatic carbocycles. The first-order chi connectivity index (χ1) is 10.6. The number of hydrogen-bond acceptors (Lipinski definition) is 5. The lowest BCUT2D eigenvalue weighted by Gasteiger charge is -2.09. The minimum Gasteiger partial charge on any atom is -0.364 e. The van der Waals surface area contributed by atoms with Crippen LogP contribution in [-0.4, -0.2) is 24.5 Å². The van der Waals surface area contributed by atoms with E-state index in [1.54, 1.807) is 10.9 Å². The van der Waals surface area contributed by atoms with Crippen LogP contribution in [0.3, 0.4) is 0 Å². The van der Waals surface area contributed by atoms with Gasteiger partial charge < -0.3 is 9.88 Å². The van der Waals surface area contributed by atoms with Gasteiger partial charge in [-0.3, -0.25) is 4.98 Å². The Kier molecular flexibility index (Phi) is 3.70. The maximum atomic E-state index is 13.6. The quantitative estimate of drug-likeness (QED) is 0.750. The van der Waals surface area contributed by atoms with E-state index in [9.17, 15) is 4.39 Å². The van der Waals surface area contributed by atoms with E-state index in [0.717, 1.165) is 16.8 Å². The summed E-state index contributed by atoms with van der Waals surface area (Å²) in [4.78, 5) is 16.2. The Morgan fingerprint density at radius 1 is 1.23 bits per heavy atom. The summed E-state index contributed by atoms with van der Waals surface area (Å²) in [7, 11) is 0. The number of nitrogens with zero attached hydrogens (tertiary/aromatic N) is 5. The zero-order valence-corrected chi connectivity index (χ0v) is 12.8. The van der Waals surface area contributed by atoms with Crippen LogP contribution >= 0.6 is 0 Å². The van der Waals surface area contributed by atoms with Crippen LogP contribution in [0.1, 0.15) is 23.7 Å². The van der Waals surface area contributed by atoms with Crippen molar-refractivity contribution in [3.8, 4) is 0 Å². The van der Waals surface area contributed by atoms with Gasteiger partial charge in [0.05, 0.1) is 6.33 Å². The molecule has 0 spiro atoms. The molecule has 3 heterocycles. The maximum absolute atomic E-state index is 13.6. The highest BCUT2D eigenvalue weighted by Crippen LogP contribution is 2.20. The highest BCUT2D eigenvalue weighted by molar-refractivity contribution is 5.82. The van der Waals surface area contributed by atoms with E-state index in [0.29, 0.717) is 30.1 Å². The molecule has 0 aromatic carbocycles. The van der Waals surface area contributed by atoms with Crippen molar-refractivity contribution in [2.24, 2.45) is 0 Å². The molecule has 0 aliphatic heterocycles. The fourth-order valence-electron chi connectivity index (χ4n) is 2.36. The summed E-state index contributed by atoms with van der Waals surface area (Å²) in [5.74, 6) is 0.398. The van der Waals surface area contributed by atoms with Crippen LogP contribution in [0.4, 0.5) is 10.2 Å². The van der Waals surface area contributed by atoms with Gasteiger partial charge in [-0.15, -0.1) is 0 Å². The molecule has 0 radical (unpaired) electrons. The van der Waals surface area contributed by atoms with Gasteiger partial charge in [0.2, 0.25) is 0 Å². The number of anilines is 1. The molecule has 0 saturated heterocycles. The van der Waals surface area contributed by atoms with Gasteiger partial charge in [-0.2, -0.15) is 14.4 Å². The zero-order chi connectivity index (χ0) is 15.7.